The molecule has 0 aliphatic carbocycles. The SMILES string of the molecule is COC(=O)c1ccc2nc(CN3CCC(Cc4cccc5c4OC(C)(c4ccc(Cl)cn4)O5)CC3)n(CC3CCO3)c2c1. The number of carbonyl (C=O) groups excluding carboxylic acids is 1. The molecule has 43 heavy (non-hydrogen) atoms. The van der Waals surface area contributed by atoms with E-state index in [1.165, 1.54) is 7.11 Å². The molecule has 0 spiro atoms. The van der Waals surface area contributed by atoms with Crippen molar-refractivity contribution in [3.63, 3.8) is 0 Å². The molecule has 0 radical (unpaired) electrons. The van der Waals surface area contributed by atoms with Crippen LogP contribution < -0.4 is 9.47 Å². The number of para-hydroxylation sites is 1. The minimum Gasteiger partial charge on any atom is -0.465 e. The minimum absolute atomic E-state index is 0.180. The summed E-state index contributed by atoms with van der Waals surface area (Å²) in [6.07, 6.45) is 5.92. The quantitative estimate of drug-likeness (QED) is 0.235. The number of hydrogen-bond donors (Lipinski definition) is 0. The van der Waals surface area contributed by atoms with Crippen LogP contribution in [0.1, 0.15) is 53.6 Å². The van der Waals surface area contributed by atoms with Crippen molar-refractivity contribution in [2.45, 2.75) is 57.6 Å². The molecule has 0 saturated carbocycles. The number of halogens is 1. The number of carbonyl (C=O) groups is 1. The van der Waals surface area contributed by atoms with Crippen LogP contribution in [0.15, 0.2) is 54.7 Å². The Kier molecular flexibility index (Phi) is 7.49. The van der Waals surface area contributed by atoms with E-state index in [2.05, 4.69) is 20.5 Å². The third kappa shape index (κ3) is 5.57. The van der Waals surface area contributed by atoms with E-state index in [1.807, 2.05) is 37.3 Å². The van der Waals surface area contributed by atoms with Gasteiger partial charge in [0.2, 0.25) is 0 Å². The van der Waals surface area contributed by atoms with Gasteiger partial charge in [-0.2, -0.15) is 0 Å². The first-order chi connectivity index (χ1) is 20.9. The summed E-state index contributed by atoms with van der Waals surface area (Å²) < 4.78 is 25.6. The normalized spacial score (nSPS) is 22.1. The average Bonchev–Trinajstić information content (AvgIpc) is 3.53. The number of methoxy groups -OCH3 is 1. The fraction of sp³-hybridized carbons (Fsp3) is 0.424. The number of piperidine rings is 1. The first-order valence-electron chi connectivity index (χ1n) is 14.9. The molecule has 0 N–H and O–H groups in total. The van der Waals surface area contributed by atoms with Crippen LogP contribution in [0, 0.1) is 5.92 Å². The fourth-order valence-electron chi connectivity index (χ4n) is 6.33. The molecule has 0 amide bonds. The maximum absolute atomic E-state index is 12.2. The van der Waals surface area contributed by atoms with Crippen molar-refractivity contribution in [2.24, 2.45) is 5.92 Å². The molecule has 2 saturated heterocycles. The van der Waals surface area contributed by atoms with Gasteiger partial charge >= 0.3 is 5.97 Å². The molecular weight excluding hydrogens is 568 g/mol. The highest BCUT2D eigenvalue weighted by Gasteiger charge is 2.41. The van der Waals surface area contributed by atoms with Gasteiger partial charge in [-0.25, -0.2) is 9.78 Å². The van der Waals surface area contributed by atoms with Gasteiger partial charge < -0.3 is 23.5 Å². The molecule has 7 rings (SSSR count). The Hall–Kier alpha value is -3.66. The molecule has 2 aromatic carbocycles. The van der Waals surface area contributed by atoms with Crippen LogP contribution in [0.5, 0.6) is 11.5 Å². The van der Waals surface area contributed by atoms with Crippen LogP contribution in [0.4, 0.5) is 0 Å². The summed E-state index contributed by atoms with van der Waals surface area (Å²) in [4.78, 5) is 24.1. The van der Waals surface area contributed by atoms with Crippen molar-refractivity contribution in [1.29, 1.82) is 0 Å². The summed E-state index contributed by atoms with van der Waals surface area (Å²) in [5, 5.41) is 0.576. The van der Waals surface area contributed by atoms with Gasteiger partial charge in [0, 0.05) is 19.7 Å². The summed E-state index contributed by atoms with van der Waals surface area (Å²) in [6, 6.07) is 15.4. The number of hydrogen-bond acceptors (Lipinski definition) is 8. The first kappa shape index (κ1) is 28.1. The van der Waals surface area contributed by atoms with E-state index in [4.69, 9.17) is 35.5 Å². The lowest BCUT2D eigenvalue weighted by Crippen LogP contribution is -2.36. The minimum atomic E-state index is -0.986. The number of benzene rings is 2. The van der Waals surface area contributed by atoms with E-state index in [1.54, 1.807) is 18.3 Å². The molecule has 4 aromatic rings. The average molecular weight is 603 g/mol. The van der Waals surface area contributed by atoms with Crippen molar-refractivity contribution in [1.82, 2.24) is 19.4 Å². The van der Waals surface area contributed by atoms with Crippen molar-refractivity contribution < 1.29 is 23.7 Å². The van der Waals surface area contributed by atoms with Crippen molar-refractivity contribution in [3.8, 4) is 11.5 Å². The number of esters is 1. The van der Waals surface area contributed by atoms with E-state index < -0.39 is 5.79 Å². The van der Waals surface area contributed by atoms with E-state index >= 15 is 0 Å². The molecule has 10 heteroatoms. The fourth-order valence-corrected chi connectivity index (χ4v) is 6.44. The second kappa shape index (κ2) is 11.4. The van der Waals surface area contributed by atoms with Gasteiger partial charge in [0.1, 0.15) is 11.5 Å². The number of fused-ring (bicyclic) bond motifs is 2. The van der Waals surface area contributed by atoms with Gasteiger partial charge in [-0.1, -0.05) is 23.7 Å². The van der Waals surface area contributed by atoms with Crippen molar-refractivity contribution in [2.75, 3.05) is 26.8 Å². The molecule has 0 bridgehead atoms. The maximum atomic E-state index is 12.2. The summed E-state index contributed by atoms with van der Waals surface area (Å²) >= 11 is 6.04. The number of aromatic nitrogens is 3. The maximum Gasteiger partial charge on any atom is 0.337 e. The van der Waals surface area contributed by atoms with Crippen LogP contribution in [-0.2, 0) is 34.8 Å². The Morgan fingerprint density at radius 2 is 1.95 bits per heavy atom. The standard InChI is InChI=1S/C33H35ClN4O5/c1-33(29-9-7-24(34)18-35-29)42-28-5-3-4-22(31(28)43-33)16-21-10-13-37(14-11-21)20-30-36-26-8-6-23(32(39)40-2)17-27(26)38(30)19-25-12-15-41-25/h3-9,17-18,21,25H,10-16,19-20H2,1-2H3. The number of pyridine rings is 1. The van der Waals surface area contributed by atoms with Gasteiger partial charge in [0.25, 0.3) is 5.79 Å². The zero-order chi connectivity index (χ0) is 29.6. The van der Waals surface area contributed by atoms with Gasteiger partial charge in [-0.3, -0.25) is 9.88 Å². The third-order valence-corrected chi connectivity index (χ3v) is 9.09. The molecule has 2 atom stereocenters. The zero-order valence-corrected chi connectivity index (χ0v) is 25.2. The largest absolute Gasteiger partial charge is 0.465 e. The molecule has 224 valence electrons. The number of likely N-dealkylation sites (tertiary alicyclic amines) is 1. The molecular formula is C33H35ClN4O5. The van der Waals surface area contributed by atoms with Crippen LogP contribution in [0.25, 0.3) is 11.0 Å². The first-order valence-corrected chi connectivity index (χ1v) is 15.3. The molecule has 3 aliphatic rings. The van der Waals surface area contributed by atoms with Crippen LogP contribution in [-0.4, -0.2) is 58.3 Å². The van der Waals surface area contributed by atoms with E-state index in [0.717, 1.165) is 92.4 Å². The summed E-state index contributed by atoms with van der Waals surface area (Å²) in [5.41, 5.74) is 4.22. The Labute approximate surface area is 255 Å². The lowest BCUT2D eigenvalue weighted by atomic mass is 9.89. The van der Waals surface area contributed by atoms with Gasteiger partial charge in [-0.05, 0) is 86.7 Å². The second-order valence-electron chi connectivity index (χ2n) is 11.8. The second-order valence-corrected chi connectivity index (χ2v) is 12.2. The Morgan fingerprint density at radius 3 is 2.67 bits per heavy atom. The smallest absolute Gasteiger partial charge is 0.337 e. The Morgan fingerprint density at radius 1 is 1.12 bits per heavy atom. The monoisotopic (exact) mass is 602 g/mol. The predicted molar refractivity (Wildman–Crippen MR) is 161 cm³/mol. The molecule has 2 aromatic heterocycles. The predicted octanol–water partition coefficient (Wildman–Crippen LogP) is 5.76. The van der Waals surface area contributed by atoms with Crippen molar-refractivity contribution in [3.05, 3.63) is 82.4 Å². The lowest BCUT2D eigenvalue weighted by Gasteiger charge is -2.32. The van der Waals surface area contributed by atoms with E-state index in [-0.39, 0.29) is 12.1 Å². The molecule has 9 nitrogen and oxygen atoms in total. The zero-order valence-electron chi connectivity index (χ0n) is 24.4. The molecule has 3 aliphatic heterocycles. The Bertz CT molecular complexity index is 1650. The lowest BCUT2D eigenvalue weighted by molar-refractivity contribution is -0.0721. The topological polar surface area (TPSA) is 87.9 Å². The van der Waals surface area contributed by atoms with Crippen LogP contribution in [0.2, 0.25) is 5.02 Å². The van der Waals surface area contributed by atoms with Crippen LogP contribution >= 0.6 is 11.6 Å². The highest BCUT2D eigenvalue weighted by atomic mass is 35.5. The molecule has 5 heterocycles. The molecule has 2 fully saturated rings. The third-order valence-electron chi connectivity index (χ3n) is 8.86. The Balaban J connectivity index is 1.03. The summed E-state index contributed by atoms with van der Waals surface area (Å²) in [5.74, 6) is 1.77. The van der Waals surface area contributed by atoms with Crippen LogP contribution in [0.3, 0.4) is 0 Å². The van der Waals surface area contributed by atoms with Gasteiger partial charge in [0.05, 0.1) is 47.9 Å². The van der Waals surface area contributed by atoms with Gasteiger partial charge in [0.15, 0.2) is 11.5 Å². The number of ether oxygens (including phenoxy) is 4. The number of imidazole rings is 1. The van der Waals surface area contributed by atoms with E-state index in [0.29, 0.717) is 22.2 Å². The number of rotatable bonds is 8. The highest BCUT2D eigenvalue weighted by molar-refractivity contribution is 6.30. The van der Waals surface area contributed by atoms with Crippen molar-refractivity contribution >= 4 is 28.6 Å². The summed E-state index contributed by atoms with van der Waals surface area (Å²) in [6.45, 7) is 6.16. The highest BCUT2D eigenvalue weighted by Crippen LogP contribution is 2.46. The number of nitrogens with zero attached hydrogens (tertiary/aromatic N) is 4. The van der Waals surface area contributed by atoms with Gasteiger partial charge in [-0.15, -0.1) is 0 Å². The van der Waals surface area contributed by atoms with E-state index in [9.17, 15) is 4.79 Å². The summed E-state index contributed by atoms with van der Waals surface area (Å²) in [7, 11) is 1.41. The molecule has 2 unspecified atom stereocenters.